The Morgan fingerprint density at radius 2 is 2.00 bits per heavy atom. The van der Waals surface area contributed by atoms with Gasteiger partial charge in [0, 0.05) is 24.7 Å². The van der Waals surface area contributed by atoms with E-state index >= 15 is 0 Å². The number of nitrogens with zero attached hydrogens (tertiary/aromatic N) is 1. The molecule has 1 N–H and O–H groups in total. The normalized spacial score (nSPS) is 43.4. The molecule has 2 aliphatic rings. The maximum Gasteiger partial charge on any atom is 0.0229 e. The minimum atomic E-state index is 0.802. The van der Waals surface area contributed by atoms with Crippen LogP contribution in [-0.4, -0.2) is 36.1 Å². The lowest BCUT2D eigenvalue weighted by molar-refractivity contribution is 0.0971. The first-order valence-electron chi connectivity index (χ1n) is 6.70. The molecule has 2 nitrogen and oxygen atoms in total. The predicted molar refractivity (Wildman–Crippen MR) is 65.1 cm³/mol. The molecule has 4 unspecified atom stereocenters. The van der Waals surface area contributed by atoms with Crippen molar-refractivity contribution in [1.29, 1.82) is 0 Å². The molecule has 2 rings (SSSR count). The molecule has 0 bridgehead atoms. The Bertz CT molecular complexity index is 205. The molecular weight excluding hydrogens is 184 g/mol. The highest BCUT2D eigenvalue weighted by molar-refractivity contribution is 4.92. The summed E-state index contributed by atoms with van der Waals surface area (Å²) in [4.78, 5) is 2.81. The summed E-state index contributed by atoms with van der Waals surface area (Å²) in [7, 11) is 0. The molecule has 0 aromatic carbocycles. The summed E-state index contributed by atoms with van der Waals surface area (Å²) < 4.78 is 0. The van der Waals surface area contributed by atoms with E-state index in [0.29, 0.717) is 0 Å². The number of hydrogen-bond donors (Lipinski definition) is 1. The van der Waals surface area contributed by atoms with E-state index in [-0.39, 0.29) is 0 Å². The Hall–Kier alpha value is -0.0800. The smallest absolute Gasteiger partial charge is 0.0229 e. The summed E-state index contributed by atoms with van der Waals surface area (Å²) in [6.45, 7) is 9.56. The van der Waals surface area contributed by atoms with Crippen LogP contribution in [0.3, 0.4) is 0 Å². The van der Waals surface area contributed by atoms with Crippen LogP contribution in [0.2, 0.25) is 0 Å². The largest absolute Gasteiger partial charge is 0.315 e. The Morgan fingerprint density at radius 3 is 2.67 bits per heavy atom. The Morgan fingerprint density at radius 1 is 1.20 bits per heavy atom. The van der Waals surface area contributed by atoms with Crippen molar-refractivity contribution in [2.45, 2.75) is 64.6 Å². The van der Waals surface area contributed by atoms with E-state index in [4.69, 9.17) is 0 Å². The molecule has 4 atom stereocenters. The van der Waals surface area contributed by atoms with Gasteiger partial charge >= 0.3 is 0 Å². The highest BCUT2D eigenvalue weighted by Gasteiger charge is 2.36. The van der Waals surface area contributed by atoms with E-state index in [0.717, 1.165) is 24.0 Å². The van der Waals surface area contributed by atoms with Gasteiger partial charge in [0.15, 0.2) is 0 Å². The van der Waals surface area contributed by atoms with Crippen LogP contribution in [0.25, 0.3) is 0 Å². The van der Waals surface area contributed by atoms with Crippen molar-refractivity contribution >= 4 is 0 Å². The van der Waals surface area contributed by atoms with Gasteiger partial charge in [-0.3, -0.25) is 4.90 Å². The molecule has 0 aromatic rings. The summed E-state index contributed by atoms with van der Waals surface area (Å²) in [5.41, 5.74) is 0. The first-order chi connectivity index (χ1) is 7.22. The first-order valence-corrected chi connectivity index (χ1v) is 6.70. The summed E-state index contributed by atoms with van der Waals surface area (Å²) in [5.74, 6) is 0.856. The molecule has 88 valence electrons. The van der Waals surface area contributed by atoms with Crippen molar-refractivity contribution < 1.29 is 0 Å². The minimum absolute atomic E-state index is 0.802. The Balaban J connectivity index is 2.00. The molecule has 2 saturated heterocycles. The molecule has 0 aromatic heterocycles. The molecule has 2 heteroatoms. The summed E-state index contributed by atoms with van der Waals surface area (Å²) in [5, 5.41) is 3.59. The zero-order chi connectivity index (χ0) is 10.8. The zero-order valence-electron chi connectivity index (χ0n) is 10.5. The molecule has 0 radical (unpaired) electrons. The Labute approximate surface area is 94.4 Å². The molecule has 2 fully saturated rings. The van der Waals surface area contributed by atoms with Crippen LogP contribution in [-0.2, 0) is 0 Å². The topological polar surface area (TPSA) is 15.3 Å². The fourth-order valence-corrected chi connectivity index (χ4v) is 3.52. The average Bonchev–Trinajstić information content (AvgIpc) is 2.59. The van der Waals surface area contributed by atoms with Crippen molar-refractivity contribution in [3.8, 4) is 0 Å². The van der Waals surface area contributed by atoms with Gasteiger partial charge in [-0.15, -0.1) is 0 Å². The molecule has 0 saturated carbocycles. The summed E-state index contributed by atoms with van der Waals surface area (Å²) in [6, 6.07) is 2.47. The fourth-order valence-electron chi connectivity index (χ4n) is 3.52. The number of likely N-dealkylation sites (tertiary alicyclic amines) is 1. The van der Waals surface area contributed by atoms with E-state index in [9.17, 15) is 0 Å². The van der Waals surface area contributed by atoms with Crippen molar-refractivity contribution in [3.05, 3.63) is 0 Å². The van der Waals surface area contributed by atoms with Gasteiger partial charge in [-0.05, 0) is 45.1 Å². The second kappa shape index (κ2) is 4.84. The van der Waals surface area contributed by atoms with Crippen LogP contribution in [0.5, 0.6) is 0 Å². The lowest BCUT2D eigenvalue weighted by atomic mass is 9.95. The maximum atomic E-state index is 3.59. The van der Waals surface area contributed by atoms with Crippen molar-refractivity contribution in [1.82, 2.24) is 10.2 Å². The third-order valence-electron chi connectivity index (χ3n) is 4.29. The van der Waals surface area contributed by atoms with E-state index in [1.54, 1.807) is 0 Å². The number of nitrogens with one attached hydrogen (secondary N) is 1. The van der Waals surface area contributed by atoms with Crippen LogP contribution in [0.4, 0.5) is 0 Å². The van der Waals surface area contributed by atoms with E-state index < -0.39 is 0 Å². The van der Waals surface area contributed by atoms with Gasteiger partial charge in [0.05, 0.1) is 0 Å². The Kier molecular flexibility index (Phi) is 3.68. The summed E-state index contributed by atoms with van der Waals surface area (Å²) in [6.07, 6.45) is 5.55. The van der Waals surface area contributed by atoms with Gasteiger partial charge in [-0.2, -0.15) is 0 Å². The van der Waals surface area contributed by atoms with Gasteiger partial charge in [-0.1, -0.05) is 13.8 Å². The molecule has 2 heterocycles. The molecule has 2 aliphatic heterocycles. The van der Waals surface area contributed by atoms with E-state index in [1.807, 2.05) is 0 Å². The number of rotatable bonds is 2. The second-order valence-corrected chi connectivity index (χ2v) is 5.59. The summed E-state index contributed by atoms with van der Waals surface area (Å²) >= 11 is 0. The van der Waals surface area contributed by atoms with E-state index in [1.165, 1.54) is 38.8 Å². The quantitative estimate of drug-likeness (QED) is 0.752. The van der Waals surface area contributed by atoms with Crippen LogP contribution in [0.15, 0.2) is 0 Å². The molecule has 15 heavy (non-hydrogen) atoms. The molecule has 0 aliphatic carbocycles. The van der Waals surface area contributed by atoms with Gasteiger partial charge in [0.25, 0.3) is 0 Å². The predicted octanol–water partition coefficient (Wildman–Crippen LogP) is 2.25. The molecular formula is C13H26N2. The maximum absolute atomic E-state index is 3.59. The van der Waals surface area contributed by atoms with Crippen molar-refractivity contribution in [3.63, 3.8) is 0 Å². The SMILES string of the molecule is CCC1CCC(C)N1C1CNCC(C)C1. The highest BCUT2D eigenvalue weighted by atomic mass is 15.2. The van der Waals surface area contributed by atoms with Crippen LogP contribution < -0.4 is 5.32 Å². The second-order valence-electron chi connectivity index (χ2n) is 5.59. The zero-order valence-corrected chi connectivity index (χ0v) is 10.5. The number of hydrogen-bond acceptors (Lipinski definition) is 2. The first kappa shape index (κ1) is 11.4. The number of piperidine rings is 1. The van der Waals surface area contributed by atoms with Crippen molar-refractivity contribution in [2.75, 3.05) is 13.1 Å². The monoisotopic (exact) mass is 210 g/mol. The van der Waals surface area contributed by atoms with Gasteiger partial charge in [0.2, 0.25) is 0 Å². The van der Waals surface area contributed by atoms with Crippen LogP contribution in [0.1, 0.15) is 46.5 Å². The molecule has 0 spiro atoms. The third-order valence-corrected chi connectivity index (χ3v) is 4.29. The van der Waals surface area contributed by atoms with Crippen LogP contribution >= 0.6 is 0 Å². The minimum Gasteiger partial charge on any atom is -0.315 e. The van der Waals surface area contributed by atoms with Gasteiger partial charge in [0.1, 0.15) is 0 Å². The van der Waals surface area contributed by atoms with Gasteiger partial charge < -0.3 is 5.32 Å². The van der Waals surface area contributed by atoms with Crippen LogP contribution in [0, 0.1) is 5.92 Å². The standard InChI is InChI=1S/C13H26N2/c1-4-12-6-5-11(3)15(12)13-7-10(2)8-14-9-13/h10-14H,4-9H2,1-3H3. The highest BCUT2D eigenvalue weighted by Crippen LogP contribution is 2.31. The van der Waals surface area contributed by atoms with E-state index in [2.05, 4.69) is 31.0 Å². The lowest BCUT2D eigenvalue weighted by Crippen LogP contribution is -2.52. The lowest BCUT2D eigenvalue weighted by Gasteiger charge is -2.40. The van der Waals surface area contributed by atoms with Gasteiger partial charge in [-0.25, -0.2) is 0 Å². The average molecular weight is 210 g/mol. The third kappa shape index (κ3) is 2.36. The fraction of sp³-hybridized carbons (Fsp3) is 1.00. The van der Waals surface area contributed by atoms with Crippen molar-refractivity contribution in [2.24, 2.45) is 5.92 Å². The molecule has 0 amide bonds.